The summed E-state index contributed by atoms with van der Waals surface area (Å²) in [5.41, 5.74) is 4.04. The number of carbonyl (C=O) groups is 1. The predicted octanol–water partition coefficient (Wildman–Crippen LogP) is 3.72. The van der Waals surface area contributed by atoms with Crippen LogP contribution >= 0.6 is 0 Å². The zero-order valence-corrected chi connectivity index (χ0v) is 12.2. The van der Waals surface area contributed by atoms with Gasteiger partial charge in [-0.15, -0.1) is 0 Å². The van der Waals surface area contributed by atoms with Gasteiger partial charge in [-0.3, -0.25) is 4.79 Å². The summed E-state index contributed by atoms with van der Waals surface area (Å²) in [6, 6.07) is 8.48. The van der Waals surface area contributed by atoms with E-state index < -0.39 is 0 Å². The molecular formula is C17H21NO2. The van der Waals surface area contributed by atoms with Crippen molar-refractivity contribution >= 4 is 16.9 Å². The van der Waals surface area contributed by atoms with Crippen LogP contribution in [0, 0.1) is 0 Å². The number of aromatic nitrogens is 1. The molecule has 0 bridgehead atoms. The van der Waals surface area contributed by atoms with Crippen molar-refractivity contribution in [1.29, 1.82) is 0 Å². The van der Waals surface area contributed by atoms with Gasteiger partial charge in [0.15, 0.2) is 0 Å². The second-order valence-electron chi connectivity index (χ2n) is 6.01. The highest BCUT2D eigenvalue weighted by Gasteiger charge is 2.34. The third-order valence-corrected chi connectivity index (χ3v) is 4.68. The SMILES string of the molecule is COC(=O)CC[C@@]1(C)CCCc2c1[nH]c1ccccc21. The molecule has 1 N–H and O–H groups in total. The number of rotatable bonds is 3. The molecule has 1 atom stereocenters. The van der Waals surface area contributed by atoms with Crippen LogP contribution in [0.1, 0.15) is 43.9 Å². The van der Waals surface area contributed by atoms with Crippen molar-refractivity contribution < 1.29 is 9.53 Å². The van der Waals surface area contributed by atoms with Crippen molar-refractivity contribution in [3.8, 4) is 0 Å². The molecule has 0 saturated heterocycles. The Hall–Kier alpha value is -1.77. The molecule has 0 aliphatic heterocycles. The molecule has 0 saturated carbocycles. The topological polar surface area (TPSA) is 42.1 Å². The smallest absolute Gasteiger partial charge is 0.305 e. The maximum absolute atomic E-state index is 11.4. The van der Waals surface area contributed by atoms with Crippen LogP contribution in [0.4, 0.5) is 0 Å². The third-order valence-electron chi connectivity index (χ3n) is 4.68. The summed E-state index contributed by atoms with van der Waals surface area (Å²) in [5.74, 6) is -0.116. The highest BCUT2D eigenvalue weighted by molar-refractivity contribution is 5.85. The quantitative estimate of drug-likeness (QED) is 0.865. The van der Waals surface area contributed by atoms with Crippen molar-refractivity contribution in [2.24, 2.45) is 0 Å². The Bertz CT molecular complexity index is 643. The van der Waals surface area contributed by atoms with E-state index in [0.717, 1.165) is 19.3 Å². The molecule has 1 aromatic carbocycles. The summed E-state index contributed by atoms with van der Waals surface area (Å²) >= 11 is 0. The van der Waals surface area contributed by atoms with Gasteiger partial charge in [-0.25, -0.2) is 0 Å². The highest BCUT2D eigenvalue weighted by atomic mass is 16.5. The molecule has 0 spiro atoms. The van der Waals surface area contributed by atoms with Gasteiger partial charge in [0.05, 0.1) is 7.11 Å². The minimum absolute atomic E-state index is 0.0563. The normalized spacial score (nSPS) is 21.7. The van der Waals surface area contributed by atoms with Crippen LogP contribution in [-0.2, 0) is 21.4 Å². The largest absolute Gasteiger partial charge is 0.469 e. The van der Waals surface area contributed by atoms with Crippen LogP contribution in [0.5, 0.6) is 0 Å². The molecule has 2 aromatic rings. The molecule has 0 unspecified atom stereocenters. The van der Waals surface area contributed by atoms with Crippen molar-refractivity contribution in [2.75, 3.05) is 7.11 Å². The maximum atomic E-state index is 11.4. The van der Waals surface area contributed by atoms with Gasteiger partial charge in [0.1, 0.15) is 0 Å². The van der Waals surface area contributed by atoms with E-state index in [1.807, 2.05) is 0 Å². The molecule has 3 nitrogen and oxygen atoms in total. The first-order valence-electron chi connectivity index (χ1n) is 7.31. The van der Waals surface area contributed by atoms with Crippen LogP contribution in [0.25, 0.3) is 10.9 Å². The Kier molecular flexibility index (Phi) is 3.28. The number of hydrogen-bond acceptors (Lipinski definition) is 2. The number of hydrogen-bond donors (Lipinski definition) is 1. The lowest BCUT2D eigenvalue weighted by Crippen LogP contribution is -2.28. The molecule has 3 rings (SSSR count). The monoisotopic (exact) mass is 271 g/mol. The Morgan fingerprint density at radius 1 is 1.40 bits per heavy atom. The van der Waals surface area contributed by atoms with Gasteiger partial charge in [-0.2, -0.15) is 0 Å². The minimum Gasteiger partial charge on any atom is -0.469 e. The van der Waals surface area contributed by atoms with Gasteiger partial charge < -0.3 is 9.72 Å². The van der Waals surface area contributed by atoms with E-state index in [-0.39, 0.29) is 11.4 Å². The highest BCUT2D eigenvalue weighted by Crippen LogP contribution is 2.42. The summed E-state index contributed by atoms with van der Waals surface area (Å²) < 4.78 is 4.78. The number of carbonyl (C=O) groups excluding carboxylic acids is 1. The number of para-hydroxylation sites is 1. The second kappa shape index (κ2) is 4.97. The van der Waals surface area contributed by atoms with E-state index in [4.69, 9.17) is 4.74 Å². The number of aromatic amines is 1. The first-order chi connectivity index (χ1) is 9.64. The summed E-state index contributed by atoms with van der Waals surface area (Å²) in [4.78, 5) is 15.0. The number of aryl methyl sites for hydroxylation is 1. The molecule has 0 fully saturated rings. The zero-order chi connectivity index (χ0) is 14.2. The second-order valence-corrected chi connectivity index (χ2v) is 6.01. The Labute approximate surface area is 119 Å². The lowest BCUT2D eigenvalue weighted by atomic mass is 9.72. The standard InChI is InChI=1S/C17H21NO2/c1-17(11-9-15(19)20-2)10-5-7-13-12-6-3-4-8-14(12)18-16(13)17/h3-4,6,8,18H,5,7,9-11H2,1-2H3/t17-/m1/s1. The van der Waals surface area contributed by atoms with Crippen LogP contribution in [0.2, 0.25) is 0 Å². The van der Waals surface area contributed by atoms with Crippen molar-refractivity contribution in [3.63, 3.8) is 0 Å². The average molecular weight is 271 g/mol. The van der Waals surface area contributed by atoms with Gasteiger partial charge >= 0.3 is 5.97 Å². The van der Waals surface area contributed by atoms with E-state index in [1.54, 1.807) is 0 Å². The Morgan fingerprint density at radius 2 is 2.20 bits per heavy atom. The van der Waals surface area contributed by atoms with Crippen LogP contribution in [0.3, 0.4) is 0 Å². The third kappa shape index (κ3) is 2.11. The summed E-state index contributed by atoms with van der Waals surface area (Å²) in [6.45, 7) is 2.27. The lowest BCUT2D eigenvalue weighted by Gasteiger charge is -2.33. The average Bonchev–Trinajstić information content (AvgIpc) is 2.86. The molecule has 0 radical (unpaired) electrons. The molecule has 0 amide bonds. The van der Waals surface area contributed by atoms with Crippen molar-refractivity contribution in [3.05, 3.63) is 35.5 Å². The Balaban J connectivity index is 1.98. The summed E-state index contributed by atoms with van der Waals surface area (Å²) in [7, 11) is 1.46. The number of nitrogens with one attached hydrogen (secondary N) is 1. The van der Waals surface area contributed by atoms with Gasteiger partial charge in [0.25, 0.3) is 0 Å². The number of esters is 1. The van der Waals surface area contributed by atoms with Crippen molar-refractivity contribution in [2.45, 2.75) is 44.4 Å². The molecule has 106 valence electrons. The Morgan fingerprint density at radius 3 is 3.00 bits per heavy atom. The summed E-state index contributed by atoms with van der Waals surface area (Å²) in [5, 5.41) is 1.34. The number of ether oxygens (including phenoxy) is 1. The number of fused-ring (bicyclic) bond motifs is 3. The number of H-pyrrole nitrogens is 1. The first kappa shape index (κ1) is 13.2. The van der Waals surface area contributed by atoms with Gasteiger partial charge in [0.2, 0.25) is 0 Å². The molecular weight excluding hydrogens is 250 g/mol. The van der Waals surface area contributed by atoms with Crippen LogP contribution in [0.15, 0.2) is 24.3 Å². The fourth-order valence-corrected chi connectivity index (χ4v) is 3.49. The number of benzene rings is 1. The van der Waals surface area contributed by atoms with Crippen LogP contribution in [-0.4, -0.2) is 18.1 Å². The van der Waals surface area contributed by atoms with E-state index in [2.05, 4.69) is 36.2 Å². The van der Waals surface area contributed by atoms with Gasteiger partial charge in [0, 0.05) is 28.4 Å². The minimum atomic E-state index is -0.116. The first-order valence-corrected chi connectivity index (χ1v) is 7.31. The molecule has 1 aliphatic carbocycles. The van der Waals surface area contributed by atoms with E-state index in [1.165, 1.54) is 35.7 Å². The fraction of sp³-hybridized carbons (Fsp3) is 0.471. The lowest BCUT2D eigenvalue weighted by molar-refractivity contribution is -0.141. The fourth-order valence-electron chi connectivity index (χ4n) is 3.49. The van der Waals surface area contributed by atoms with E-state index in [9.17, 15) is 4.79 Å². The molecule has 1 aliphatic rings. The predicted molar refractivity (Wildman–Crippen MR) is 79.8 cm³/mol. The zero-order valence-electron chi connectivity index (χ0n) is 12.2. The van der Waals surface area contributed by atoms with Crippen LogP contribution < -0.4 is 0 Å². The van der Waals surface area contributed by atoms with E-state index in [0.29, 0.717) is 6.42 Å². The van der Waals surface area contributed by atoms with E-state index >= 15 is 0 Å². The molecule has 1 heterocycles. The molecule has 1 aromatic heterocycles. The number of methoxy groups -OCH3 is 1. The van der Waals surface area contributed by atoms with Gasteiger partial charge in [-0.1, -0.05) is 25.1 Å². The molecule has 20 heavy (non-hydrogen) atoms. The maximum Gasteiger partial charge on any atom is 0.305 e. The summed E-state index contributed by atoms with van der Waals surface area (Å²) in [6.07, 6.45) is 4.78. The van der Waals surface area contributed by atoms with Crippen molar-refractivity contribution in [1.82, 2.24) is 4.98 Å². The molecule has 3 heteroatoms. The van der Waals surface area contributed by atoms with Gasteiger partial charge in [-0.05, 0) is 37.3 Å².